The number of carbonyl (C=O) groups excluding carboxylic acids is 1. The zero-order valence-electron chi connectivity index (χ0n) is 10.8. The fourth-order valence-electron chi connectivity index (χ4n) is 2.49. The number of hydrogen-bond donors (Lipinski definition) is 2. The lowest BCUT2D eigenvalue weighted by Crippen LogP contribution is -2.14. The van der Waals surface area contributed by atoms with E-state index in [1.165, 1.54) is 6.42 Å². The Morgan fingerprint density at radius 1 is 1.37 bits per heavy atom. The maximum absolute atomic E-state index is 11.9. The van der Waals surface area contributed by atoms with Gasteiger partial charge in [0.1, 0.15) is 0 Å². The molecule has 2 heterocycles. The molecule has 1 unspecified atom stereocenters. The lowest BCUT2D eigenvalue weighted by molar-refractivity contribution is -0.116. The summed E-state index contributed by atoms with van der Waals surface area (Å²) in [6, 6.07) is 5.46. The molecule has 0 radical (unpaired) electrons. The minimum Gasteiger partial charge on any atom is -0.454 e. The fourth-order valence-corrected chi connectivity index (χ4v) is 2.49. The molecule has 0 aromatic heterocycles. The van der Waals surface area contributed by atoms with E-state index in [-0.39, 0.29) is 12.7 Å². The van der Waals surface area contributed by atoms with Crippen molar-refractivity contribution in [1.82, 2.24) is 5.32 Å². The van der Waals surface area contributed by atoms with Gasteiger partial charge in [-0.05, 0) is 44.0 Å². The Kier molecular flexibility index (Phi) is 3.55. The van der Waals surface area contributed by atoms with Crippen LogP contribution in [0.3, 0.4) is 0 Å². The van der Waals surface area contributed by atoms with Gasteiger partial charge in [-0.2, -0.15) is 0 Å². The minimum atomic E-state index is 0.0609. The molecule has 0 aliphatic carbocycles. The van der Waals surface area contributed by atoms with Crippen LogP contribution in [-0.2, 0) is 4.79 Å². The molecule has 2 aliphatic heterocycles. The Hall–Kier alpha value is -1.75. The lowest BCUT2D eigenvalue weighted by Gasteiger charge is -2.09. The highest BCUT2D eigenvalue weighted by molar-refractivity contribution is 5.91. The Balaban J connectivity index is 1.51. The van der Waals surface area contributed by atoms with Gasteiger partial charge in [-0.1, -0.05) is 0 Å². The maximum atomic E-state index is 11.9. The van der Waals surface area contributed by atoms with Crippen LogP contribution in [0, 0.1) is 5.92 Å². The van der Waals surface area contributed by atoms with Crippen LogP contribution in [0.25, 0.3) is 0 Å². The lowest BCUT2D eigenvalue weighted by atomic mass is 10.0. The zero-order valence-corrected chi connectivity index (χ0v) is 10.8. The normalized spacial score (nSPS) is 20.5. The van der Waals surface area contributed by atoms with Crippen molar-refractivity contribution in [2.75, 3.05) is 25.2 Å². The van der Waals surface area contributed by atoms with E-state index in [2.05, 4.69) is 10.6 Å². The van der Waals surface area contributed by atoms with Gasteiger partial charge >= 0.3 is 0 Å². The molecule has 1 saturated heterocycles. The quantitative estimate of drug-likeness (QED) is 0.867. The van der Waals surface area contributed by atoms with Crippen LogP contribution < -0.4 is 20.1 Å². The first kappa shape index (κ1) is 12.3. The molecule has 2 aliphatic rings. The number of rotatable bonds is 4. The van der Waals surface area contributed by atoms with Gasteiger partial charge < -0.3 is 20.1 Å². The molecule has 1 amide bonds. The average molecular weight is 262 g/mol. The molecule has 0 bridgehead atoms. The highest BCUT2D eigenvalue weighted by Gasteiger charge is 2.17. The van der Waals surface area contributed by atoms with Gasteiger partial charge in [0.05, 0.1) is 0 Å². The van der Waals surface area contributed by atoms with Crippen molar-refractivity contribution in [2.45, 2.75) is 19.3 Å². The Morgan fingerprint density at radius 2 is 2.26 bits per heavy atom. The number of anilines is 1. The number of hydrogen-bond acceptors (Lipinski definition) is 4. The summed E-state index contributed by atoms with van der Waals surface area (Å²) in [5.41, 5.74) is 0.763. The van der Waals surface area contributed by atoms with E-state index in [1.54, 1.807) is 6.07 Å². The predicted molar refractivity (Wildman–Crippen MR) is 71.4 cm³/mol. The molecular formula is C14H18N2O3. The summed E-state index contributed by atoms with van der Waals surface area (Å²) in [5.74, 6) is 2.13. The number of carbonyl (C=O) groups is 1. The number of nitrogens with one attached hydrogen (secondary N) is 2. The third kappa shape index (κ3) is 2.98. The summed E-state index contributed by atoms with van der Waals surface area (Å²) in [6.07, 6.45) is 2.70. The van der Waals surface area contributed by atoms with Crippen LogP contribution in [0.1, 0.15) is 19.3 Å². The van der Waals surface area contributed by atoms with Crippen LogP contribution in [0.4, 0.5) is 5.69 Å². The number of ether oxygens (including phenoxy) is 2. The van der Waals surface area contributed by atoms with E-state index in [9.17, 15) is 4.79 Å². The van der Waals surface area contributed by atoms with E-state index >= 15 is 0 Å². The molecule has 1 aromatic carbocycles. The van der Waals surface area contributed by atoms with Crippen LogP contribution in [-0.4, -0.2) is 25.8 Å². The molecule has 1 aromatic rings. The van der Waals surface area contributed by atoms with Crippen LogP contribution in [0.2, 0.25) is 0 Å². The topological polar surface area (TPSA) is 59.6 Å². The van der Waals surface area contributed by atoms with Crippen molar-refractivity contribution in [3.8, 4) is 11.5 Å². The molecule has 102 valence electrons. The Labute approximate surface area is 112 Å². The van der Waals surface area contributed by atoms with Gasteiger partial charge in [0.25, 0.3) is 0 Å². The average Bonchev–Trinajstić information content (AvgIpc) is 3.07. The first-order valence-electron chi connectivity index (χ1n) is 6.71. The molecule has 1 atom stereocenters. The molecule has 0 spiro atoms. The van der Waals surface area contributed by atoms with Crippen molar-refractivity contribution in [2.24, 2.45) is 5.92 Å². The zero-order chi connectivity index (χ0) is 13.1. The Bertz CT molecular complexity index is 470. The second-order valence-corrected chi connectivity index (χ2v) is 5.01. The largest absolute Gasteiger partial charge is 0.454 e. The van der Waals surface area contributed by atoms with E-state index in [0.29, 0.717) is 18.1 Å². The minimum absolute atomic E-state index is 0.0609. The summed E-state index contributed by atoms with van der Waals surface area (Å²) >= 11 is 0. The van der Waals surface area contributed by atoms with Gasteiger partial charge in [-0.3, -0.25) is 4.79 Å². The summed E-state index contributed by atoms with van der Waals surface area (Å²) in [6.45, 7) is 2.37. The smallest absolute Gasteiger partial charge is 0.231 e. The third-order valence-electron chi connectivity index (χ3n) is 3.60. The fraction of sp³-hybridized carbons (Fsp3) is 0.500. The summed E-state index contributed by atoms with van der Waals surface area (Å²) in [5, 5.41) is 6.21. The van der Waals surface area contributed by atoms with Crippen molar-refractivity contribution in [1.29, 1.82) is 0 Å². The van der Waals surface area contributed by atoms with Crippen molar-refractivity contribution >= 4 is 11.6 Å². The molecule has 3 rings (SSSR count). The van der Waals surface area contributed by atoms with Crippen LogP contribution in [0.15, 0.2) is 18.2 Å². The number of amides is 1. The number of benzene rings is 1. The standard InChI is InChI=1S/C14H18N2O3/c17-14(4-1-10-5-6-15-8-10)16-11-2-3-12-13(7-11)19-9-18-12/h2-3,7,10,15H,1,4-6,8-9H2,(H,16,17). The summed E-state index contributed by atoms with van der Waals surface area (Å²) in [4.78, 5) is 11.9. The van der Waals surface area contributed by atoms with E-state index < -0.39 is 0 Å². The molecular weight excluding hydrogens is 244 g/mol. The second kappa shape index (κ2) is 5.48. The van der Waals surface area contributed by atoms with Gasteiger partial charge in [-0.15, -0.1) is 0 Å². The van der Waals surface area contributed by atoms with Crippen molar-refractivity contribution in [3.05, 3.63) is 18.2 Å². The van der Waals surface area contributed by atoms with Crippen LogP contribution in [0.5, 0.6) is 11.5 Å². The first-order valence-corrected chi connectivity index (χ1v) is 6.71. The summed E-state index contributed by atoms with van der Waals surface area (Å²) in [7, 11) is 0. The maximum Gasteiger partial charge on any atom is 0.231 e. The Morgan fingerprint density at radius 3 is 3.11 bits per heavy atom. The molecule has 0 saturated carbocycles. The van der Waals surface area contributed by atoms with E-state index in [1.807, 2.05) is 12.1 Å². The molecule has 5 nitrogen and oxygen atoms in total. The van der Waals surface area contributed by atoms with Gasteiger partial charge in [0.2, 0.25) is 12.7 Å². The second-order valence-electron chi connectivity index (χ2n) is 5.01. The predicted octanol–water partition coefficient (Wildman–Crippen LogP) is 1.74. The van der Waals surface area contributed by atoms with Gasteiger partial charge in [0.15, 0.2) is 11.5 Å². The third-order valence-corrected chi connectivity index (χ3v) is 3.60. The molecule has 5 heteroatoms. The summed E-state index contributed by atoms with van der Waals surface area (Å²) < 4.78 is 10.5. The highest BCUT2D eigenvalue weighted by atomic mass is 16.7. The van der Waals surface area contributed by atoms with E-state index in [0.717, 1.165) is 30.9 Å². The SMILES string of the molecule is O=C(CCC1CCNC1)Nc1ccc2c(c1)OCO2. The molecule has 19 heavy (non-hydrogen) atoms. The van der Waals surface area contributed by atoms with E-state index in [4.69, 9.17) is 9.47 Å². The first-order chi connectivity index (χ1) is 9.31. The van der Waals surface area contributed by atoms with Gasteiger partial charge in [-0.25, -0.2) is 0 Å². The van der Waals surface area contributed by atoms with Crippen molar-refractivity contribution < 1.29 is 14.3 Å². The highest BCUT2D eigenvalue weighted by Crippen LogP contribution is 2.34. The van der Waals surface area contributed by atoms with Crippen molar-refractivity contribution in [3.63, 3.8) is 0 Å². The van der Waals surface area contributed by atoms with Gasteiger partial charge in [0, 0.05) is 18.2 Å². The van der Waals surface area contributed by atoms with Crippen LogP contribution >= 0.6 is 0 Å². The monoisotopic (exact) mass is 262 g/mol. The molecule has 2 N–H and O–H groups in total. The molecule has 1 fully saturated rings. The number of fused-ring (bicyclic) bond motifs is 1.